The molecule has 21 rings (SSSR count). The summed E-state index contributed by atoms with van der Waals surface area (Å²) in [5.74, 6) is -0.924. The fourth-order valence-electron chi connectivity index (χ4n) is 22.9. The minimum atomic E-state index is -4.47. The summed E-state index contributed by atoms with van der Waals surface area (Å²) in [4.78, 5) is 41.9. The van der Waals surface area contributed by atoms with Gasteiger partial charge in [-0.2, -0.15) is 9.13 Å². The van der Waals surface area contributed by atoms with Crippen molar-refractivity contribution in [3.63, 3.8) is 0 Å². The molecule has 5 aromatic heterocycles. The Balaban J connectivity index is 0.000000189. The van der Waals surface area contributed by atoms with Gasteiger partial charge in [0.05, 0.1) is 89.0 Å². The average molecular weight is 2050 g/mol. The van der Waals surface area contributed by atoms with E-state index in [1.807, 2.05) is 78.0 Å². The maximum Gasteiger partial charge on any atom is 2.00 e. The molecule has 0 radical (unpaired) electrons. The van der Waals surface area contributed by atoms with Gasteiger partial charge in [0.1, 0.15) is 0 Å². The van der Waals surface area contributed by atoms with E-state index in [0.29, 0.717) is 16.5 Å². The number of nitrogens with zero attached hydrogens (tertiary/aromatic N) is 8. The summed E-state index contributed by atoms with van der Waals surface area (Å²) in [5, 5.41) is 2.74. The van der Waals surface area contributed by atoms with Crippen LogP contribution in [-0.4, -0.2) is 68.7 Å². The number of aromatic nitrogens is 6. The number of benzene rings is 8. The summed E-state index contributed by atoms with van der Waals surface area (Å²) in [5.41, 5.74) is 50.5. The van der Waals surface area contributed by atoms with Crippen molar-refractivity contribution in [3.05, 3.63) is 373 Å². The van der Waals surface area contributed by atoms with Crippen molar-refractivity contribution in [2.75, 3.05) is 0 Å². The van der Waals surface area contributed by atoms with Crippen molar-refractivity contribution < 1.29 is 95.5 Å². The molecule has 8 aromatic carbocycles. The quantitative estimate of drug-likeness (QED) is 0.0684. The molecule has 0 amide bonds. The number of fused-ring (bicyclic) bond motifs is 8. The van der Waals surface area contributed by atoms with E-state index in [9.17, 15) is 18.9 Å². The molecule has 2 N–H and O–H groups in total. The van der Waals surface area contributed by atoms with Crippen molar-refractivity contribution in [1.29, 1.82) is 0 Å². The van der Waals surface area contributed by atoms with Crippen molar-refractivity contribution in [2.45, 2.75) is 209 Å². The second kappa shape index (κ2) is 36.7. The van der Waals surface area contributed by atoms with Crippen LogP contribution in [0.25, 0.3) is 113 Å². The van der Waals surface area contributed by atoms with E-state index in [2.05, 4.69) is 327 Å². The smallest absolute Gasteiger partial charge is 0.657 e. The maximum absolute atomic E-state index is 14.9. The Kier molecular flexibility index (Phi) is 26.7. The first-order valence-corrected chi connectivity index (χ1v) is 54.5. The summed E-state index contributed by atoms with van der Waals surface area (Å²) in [7, 11) is -8.84. The molecule has 139 heavy (non-hydrogen) atoms. The zero-order valence-corrected chi connectivity index (χ0v) is 97.6. The van der Waals surface area contributed by atoms with Crippen LogP contribution in [0.1, 0.15) is 198 Å². The van der Waals surface area contributed by atoms with Crippen LogP contribution in [0.4, 0.5) is 0 Å². The van der Waals surface area contributed by atoms with Crippen LogP contribution in [-0.2, 0) is 82.5 Å². The van der Waals surface area contributed by atoms with Crippen LogP contribution >= 0.6 is 15.2 Å². The van der Waals surface area contributed by atoms with Crippen molar-refractivity contribution >= 4 is 114 Å². The maximum atomic E-state index is 14.9. The molecule has 13 heterocycles. The summed E-state index contributed by atoms with van der Waals surface area (Å²) < 4.78 is 50.6. The molecule has 1 spiro atoms. The third kappa shape index (κ3) is 17.6. The molecule has 8 aliphatic heterocycles. The van der Waals surface area contributed by atoms with Gasteiger partial charge in [-0.1, -0.05) is 190 Å². The molecule has 692 valence electrons. The van der Waals surface area contributed by atoms with Crippen LogP contribution in [0.5, 0.6) is 0 Å². The van der Waals surface area contributed by atoms with Gasteiger partial charge in [-0.15, -0.1) is 22.1 Å². The van der Waals surface area contributed by atoms with Crippen molar-refractivity contribution in [2.24, 2.45) is 0 Å². The first-order valence-electron chi connectivity index (χ1n) is 47.3. The number of aryl methyl sites for hydroxylation is 18. The molecule has 20 heteroatoms. The predicted octanol–water partition coefficient (Wildman–Crippen LogP) is 25.8. The summed E-state index contributed by atoms with van der Waals surface area (Å²) >= 11 is 0. The minimum absolute atomic E-state index is 0. The Labute approximate surface area is 858 Å². The molecule has 8 aliphatic rings. The first-order chi connectivity index (χ1) is 64.1. The molecule has 13 aromatic rings. The van der Waals surface area contributed by atoms with E-state index >= 15 is 0 Å². The van der Waals surface area contributed by atoms with Gasteiger partial charge in [0.2, 0.25) is 22.8 Å². The Bertz CT molecular complexity index is 7980. The topological polar surface area (TPSA) is 163 Å². The van der Waals surface area contributed by atoms with Gasteiger partial charge in [-0.3, -0.25) is 18.2 Å². The van der Waals surface area contributed by atoms with Gasteiger partial charge in [0, 0.05) is 71.3 Å². The van der Waals surface area contributed by atoms with E-state index in [1.165, 1.54) is 135 Å². The largest absolute Gasteiger partial charge is 2.00 e. The number of hydrogen-bond donors (Lipinski definition) is 2. The molecular formula is C119H122N8O6P2SiZn3+2. The molecule has 1 atom stereocenters. The molecule has 0 saturated carbocycles. The van der Waals surface area contributed by atoms with Crippen molar-refractivity contribution in [3.8, 4) is 44.5 Å². The fourth-order valence-corrected chi connectivity index (χ4v) is 25.6. The Morgan fingerprint density at radius 1 is 0.331 bits per heavy atom. The van der Waals surface area contributed by atoms with E-state index in [0.717, 1.165) is 145 Å². The molecular weight excluding hydrogens is 1920 g/mol. The van der Waals surface area contributed by atoms with E-state index in [1.54, 1.807) is 12.1 Å². The number of hydrogen-bond acceptors (Lipinski definition) is 6. The predicted molar refractivity (Wildman–Crippen MR) is 567 cm³/mol. The zero-order chi connectivity index (χ0) is 97.0. The Hall–Kier alpha value is -10.7. The Morgan fingerprint density at radius 3 is 0.921 bits per heavy atom. The molecule has 8 bridgehead atoms. The monoisotopic (exact) mass is 2040 g/mol. The van der Waals surface area contributed by atoms with Gasteiger partial charge in [-0.25, -0.2) is 9.97 Å². The number of allylic oxidation sites excluding steroid dienone is 4. The van der Waals surface area contributed by atoms with Crippen LogP contribution in [0.15, 0.2) is 206 Å². The van der Waals surface area contributed by atoms with E-state index in [4.69, 9.17) is 29.0 Å². The van der Waals surface area contributed by atoms with Gasteiger partial charge in [-0.05, 0) is 373 Å². The fraction of sp³-hybridized carbons (Fsp3) is 0.261. The molecule has 1 unspecified atom stereocenters. The molecule has 0 fully saturated rings. The minimum Gasteiger partial charge on any atom is -0.657 e. The van der Waals surface area contributed by atoms with Gasteiger partial charge < -0.3 is 19.8 Å². The summed E-state index contributed by atoms with van der Waals surface area (Å²) in [6, 6.07) is 59.6. The normalized spacial score (nSPS) is 15.3. The SMILES string of the molecule is C[Si](C)(C)C.Cc1cc(C)c(-c2c3nc(c(-c4c(C)cc(C)cc4C)c4ccc([n-]4)c(-c4c(C)cc(C)cc4C)c4nc(c(-c5ccc(P(=O)(O)O)cc5)c5ccc2[n-]5)C=C4)C=C3)c(C)c1.Cc1cc(C)c(C2=C3C=CC4=[N+]3C35n6c2ccc6C(c2c(C)cc(C)cc2C)=C2C=CC(=[N+]23)C(c2c(C)cc(C)cc2C)=c2ccc(n25)=C4c2ccc(P(=O)(OC(C)(C)C)OC(C)(C)C)cc2)c(C)c1.[Zn+2].[Zn].[Zn]. The standard InChI is InChI=1S/C62H63N4O3P.C53H47N4O3P.C4H12Si.3Zn/c1-34-28-37(4)53(38(5)29-34)57-47-22-20-45-56(43-16-18-44(19-17-43)70(67,68-60(10,11)12)69-61(13,14)15)46-21-23-48-58(54-39(6)30-35(2)31-40(54)7)50-25-27-52-59(55-41(8)32-36(3)33-42(55)9)51-26-24-49(57)65(51)62(63(45)47,64(46)48)66(50)52;1-28-22-31(4)47(32(5)23-28)51-41-16-14-39(54-41)50(37-10-12-38(13-11-37)61(58,59)60)40-15-17-42(55-40)52(48-33(6)24-29(2)25-34(48)7)44-19-21-46(57-44)53(45-20-18-43(51)56-45)49-35(8)26-30(3)27-36(49)9;1-5(2,3)4;;;/h16-33H,1-15H3;10-27H,1-9H3,(H2,58,59,60);1-4H3;;;/q+2;-2;;;;+2. The zero-order valence-electron chi connectivity index (χ0n) is 85.9. The summed E-state index contributed by atoms with van der Waals surface area (Å²) in [6.07, 6.45) is 17.8. The third-order valence-corrected chi connectivity index (χ3v) is 30.2. The van der Waals surface area contributed by atoms with Gasteiger partial charge in [0.15, 0.2) is 0 Å². The van der Waals surface area contributed by atoms with Crippen LogP contribution in [0.3, 0.4) is 0 Å². The van der Waals surface area contributed by atoms with E-state index in [-0.39, 0.29) is 63.7 Å². The molecule has 14 nitrogen and oxygen atoms in total. The van der Waals surface area contributed by atoms with Crippen molar-refractivity contribution in [1.82, 2.24) is 29.1 Å². The van der Waals surface area contributed by atoms with Crippen LogP contribution < -0.4 is 31.3 Å². The first kappa shape index (κ1) is 101. The van der Waals surface area contributed by atoms with Crippen LogP contribution in [0, 0.1) is 125 Å². The molecule has 0 saturated heterocycles. The second-order valence-corrected chi connectivity index (χ2v) is 51.9. The number of rotatable bonds is 12. The average Bonchev–Trinajstić information content (AvgIpc) is 1.48. The van der Waals surface area contributed by atoms with Crippen LogP contribution in [0.2, 0.25) is 26.2 Å². The van der Waals surface area contributed by atoms with Gasteiger partial charge >= 0.3 is 40.6 Å². The third-order valence-electron chi connectivity index (χ3n) is 26.7. The molecule has 0 aliphatic carbocycles. The second-order valence-electron chi connectivity index (χ2n) is 42.4. The van der Waals surface area contributed by atoms with Gasteiger partial charge in [0.25, 0.3) is 0 Å². The summed E-state index contributed by atoms with van der Waals surface area (Å²) in [6.45, 7) is 60.3. The Morgan fingerprint density at radius 2 is 0.604 bits per heavy atom. The van der Waals surface area contributed by atoms with E-state index < -0.39 is 40.4 Å².